The van der Waals surface area contributed by atoms with Gasteiger partial charge in [0, 0.05) is 16.8 Å². The van der Waals surface area contributed by atoms with Crippen LogP contribution in [0.15, 0.2) is 51.3 Å². The Morgan fingerprint density at radius 1 is 1.35 bits per heavy atom. The van der Waals surface area contributed by atoms with Gasteiger partial charge < -0.3 is 4.42 Å². The van der Waals surface area contributed by atoms with Gasteiger partial charge in [-0.3, -0.25) is 19.5 Å². The Hall–Kier alpha value is -3.00. The van der Waals surface area contributed by atoms with Gasteiger partial charge in [0.05, 0.1) is 17.8 Å². The van der Waals surface area contributed by atoms with Crippen LogP contribution in [0.25, 0.3) is 22.1 Å². The van der Waals surface area contributed by atoms with Crippen molar-refractivity contribution < 1.29 is 9.34 Å². The van der Waals surface area contributed by atoms with E-state index in [-0.39, 0.29) is 22.7 Å². The van der Waals surface area contributed by atoms with E-state index >= 15 is 0 Å². The van der Waals surface area contributed by atoms with Gasteiger partial charge in [-0.25, -0.2) is 4.98 Å². The van der Waals surface area contributed by atoms with Gasteiger partial charge in [0.25, 0.3) is 5.56 Å². The number of para-hydroxylation sites is 1. The zero-order chi connectivity index (χ0) is 16.0. The largest absolute Gasteiger partial charge is 0.448 e. The quantitative estimate of drug-likeness (QED) is 0.426. The van der Waals surface area contributed by atoms with Crippen LogP contribution in [-0.2, 0) is 6.54 Å². The summed E-state index contributed by atoms with van der Waals surface area (Å²) in [5.41, 5.74) is 1.70. The lowest BCUT2D eigenvalue weighted by atomic mass is 10.2. The molecule has 0 unspecified atom stereocenters. The molecule has 4 aromatic rings. The third-order valence-electron chi connectivity index (χ3n) is 3.52. The maximum Gasteiger partial charge on any atom is 0.324 e. The molecule has 0 aliphatic rings. The molecule has 0 bridgehead atoms. The summed E-state index contributed by atoms with van der Waals surface area (Å²) in [6.07, 6.45) is 1.44. The molecule has 0 amide bonds. The summed E-state index contributed by atoms with van der Waals surface area (Å²) in [7, 11) is 0. The third-order valence-corrected chi connectivity index (χ3v) is 4.45. The summed E-state index contributed by atoms with van der Waals surface area (Å²) < 4.78 is 6.99. The number of nitrogens with zero attached hydrogens (tertiary/aromatic N) is 3. The van der Waals surface area contributed by atoms with Gasteiger partial charge in [-0.1, -0.05) is 23.5 Å². The first kappa shape index (κ1) is 13.6. The second-order valence-electron chi connectivity index (χ2n) is 5.00. The number of benzene rings is 1. The predicted octanol–water partition coefficient (Wildman–Crippen LogP) is 3.16. The van der Waals surface area contributed by atoms with Crippen molar-refractivity contribution in [3.05, 3.63) is 68.1 Å². The highest BCUT2D eigenvalue weighted by molar-refractivity contribution is 7.13. The fourth-order valence-corrected chi connectivity index (χ4v) is 3.19. The van der Waals surface area contributed by atoms with Gasteiger partial charge in [0.15, 0.2) is 0 Å². The van der Waals surface area contributed by atoms with Gasteiger partial charge in [-0.15, -0.1) is 0 Å². The Bertz CT molecular complexity index is 1110. The first-order valence-corrected chi connectivity index (χ1v) is 7.60. The molecule has 0 aliphatic carbocycles. The number of furan rings is 1. The summed E-state index contributed by atoms with van der Waals surface area (Å²) >= 11 is 1.03. The number of hydrogen-bond donors (Lipinski definition) is 0. The van der Waals surface area contributed by atoms with E-state index in [1.54, 1.807) is 11.4 Å². The van der Waals surface area contributed by atoms with E-state index in [2.05, 4.69) is 4.98 Å². The second-order valence-corrected chi connectivity index (χ2v) is 5.89. The van der Waals surface area contributed by atoms with Crippen LogP contribution in [0.2, 0.25) is 0 Å². The highest BCUT2D eigenvalue weighted by Crippen LogP contribution is 2.25. The smallest absolute Gasteiger partial charge is 0.324 e. The molecule has 7 nitrogen and oxygen atoms in total. The SMILES string of the molecule is O=c1c2oc3ccccc3c2ncn1Cc1csc([N+](=O)[O-])c1. The minimum Gasteiger partial charge on any atom is -0.448 e. The van der Waals surface area contributed by atoms with Gasteiger partial charge in [-0.2, -0.15) is 0 Å². The summed E-state index contributed by atoms with van der Waals surface area (Å²) in [6.45, 7) is 0.211. The van der Waals surface area contributed by atoms with Crippen LogP contribution in [0.4, 0.5) is 5.00 Å². The van der Waals surface area contributed by atoms with Crippen molar-refractivity contribution in [3.8, 4) is 0 Å². The Morgan fingerprint density at radius 2 is 2.17 bits per heavy atom. The highest BCUT2D eigenvalue weighted by Gasteiger charge is 2.15. The number of nitro groups is 1. The van der Waals surface area contributed by atoms with Crippen molar-refractivity contribution in [2.24, 2.45) is 0 Å². The molecule has 8 heteroatoms. The summed E-state index contributed by atoms with van der Waals surface area (Å²) in [5.74, 6) is 0. The monoisotopic (exact) mass is 327 g/mol. The van der Waals surface area contributed by atoms with E-state index in [0.717, 1.165) is 16.7 Å². The van der Waals surface area contributed by atoms with Crippen molar-refractivity contribution >= 4 is 38.4 Å². The predicted molar refractivity (Wildman–Crippen MR) is 85.9 cm³/mol. The minimum absolute atomic E-state index is 0.0471. The second kappa shape index (κ2) is 5.03. The Kier molecular flexibility index (Phi) is 2.98. The van der Waals surface area contributed by atoms with Crippen molar-refractivity contribution in [3.63, 3.8) is 0 Å². The van der Waals surface area contributed by atoms with Crippen LogP contribution in [0.1, 0.15) is 5.56 Å². The van der Waals surface area contributed by atoms with Crippen molar-refractivity contribution in [2.75, 3.05) is 0 Å². The van der Waals surface area contributed by atoms with Gasteiger partial charge >= 0.3 is 5.00 Å². The van der Waals surface area contributed by atoms with Crippen LogP contribution < -0.4 is 5.56 Å². The molecule has 0 N–H and O–H groups in total. The van der Waals surface area contributed by atoms with E-state index in [0.29, 0.717) is 16.7 Å². The van der Waals surface area contributed by atoms with Crippen LogP contribution in [0.5, 0.6) is 0 Å². The van der Waals surface area contributed by atoms with E-state index in [4.69, 9.17) is 4.42 Å². The maximum absolute atomic E-state index is 12.5. The molecule has 0 fully saturated rings. The Balaban J connectivity index is 1.81. The topological polar surface area (TPSA) is 91.2 Å². The molecule has 23 heavy (non-hydrogen) atoms. The fourth-order valence-electron chi connectivity index (χ4n) is 2.47. The number of aromatic nitrogens is 2. The van der Waals surface area contributed by atoms with Crippen LogP contribution in [-0.4, -0.2) is 14.5 Å². The molecule has 0 aliphatic heterocycles. The fraction of sp³-hybridized carbons (Fsp3) is 0.0667. The van der Waals surface area contributed by atoms with Gasteiger partial charge in [0.1, 0.15) is 11.1 Å². The molecule has 0 radical (unpaired) electrons. The molecule has 0 spiro atoms. The van der Waals surface area contributed by atoms with Crippen molar-refractivity contribution in [2.45, 2.75) is 6.54 Å². The lowest BCUT2D eigenvalue weighted by Gasteiger charge is -2.02. The van der Waals surface area contributed by atoms with Crippen LogP contribution in [0.3, 0.4) is 0 Å². The highest BCUT2D eigenvalue weighted by atomic mass is 32.1. The minimum atomic E-state index is -0.447. The lowest BCUT2D eigenvalue weighted by Crippen LogP contribution is -2.20. The van der Waals surface area contributed by atoms with Crippen molar-refractivity contribution in [1.29, 1.82) is 0 Å². The summed E-state index contributed by atoms with van der Waals surface area (Å²) in [4.78, 5) is 27.1. The number of hydrogen-bond acceptors (Lipinski definition) is 6. The van der Waals surface area contributed by atoms with Crippen LogP contribution >= 0.6 is 11.3 Å². The Morgan fingerprint density at radius 3 is 2.96 bits per heavy atom. The number of thiophene rings is 1. The summed E-state index contributed by atoms with van der Waals surface area (Å²) in [6, 6.07) is 8.77. The number of rotatable bonds is 3. The normalized spacial score (nSPS) is 11.3. The van der Waals surface area contributed by atoms with E-state index < -0.39 is 4.92 Å². The van der Waals surface area contributed by atoms with Crippen molar-refractivity contribution in [1.82, 2.24) is 9.55 Å². The zero-order valence-electron chi connectivity index (χ0n) is 11.6. The molecule has 1 aromatic carbocycles. The first-order valence-electron chi connectivity index (χ1n) is 6.72. The average Bonchev–Trinajstić information content (AvgIpc) is 3.15. The standard InChI is InChI=1S/C15H9N3O4S/c19-15-14-13(10-3-1-2-4-11(10)22-14)16-8-17(15)6-9-5-12(18(20)21)23-7-9/h1-5,7-8H,6H2. The molecular weight excluding hydrogens is 318 g/mol. The molecule has 4 rings (SSSR count). The Labute approximate surface area is 132 Å². The van der Waals surface area contributed by atoms with Crippen LogP contribution in [0, 0.1) is 10.1 Å². The number of fused-ring (bicyclic) bond motifs is 3. The lowest BCUT2D eigenvalue weighted by molar-refractivity contribution is -0.380. The average molecular weight is 327 g/mol. The van der Waals surface area contributed by atoms with Gasteiger partial charge in [-0.05, 0) is 17.7 Å². The van der Waals surface area contributed by atoms with E-state index in [1.165, 1.54) is 17.0 Å². The summed E-state index contributed by atoms with van der Waals surface area (Å²) in [5, 5.41) is 13.2. The molecular formula is C15H9N3O4S. The maximum atomic E-state index is 12.5. The first-order chi connectivity index (χ1) is 11.1. The van der Waals surface area contributed by atoms with E-state index in [9.17, 15) is 14.9 Å². The molecule has 0 atom stereocenters. The molecule has 3 heterocycles. The zero-order valence-corrected chi connectivity index (χ0v) is 12.4. The molecule has 3 aromatic heterocycles. The van der Waals surface area contributed by atoms with E-state index in [1.807, 2.05) is 18.2 Å². The third kappa shape index (κ3) is 2.20. The molecule has 0 saturated heterocycles. The molecule has 0 saturated carbocycles. The molecule has 114 valence electrons. The van der Waals surface area contributed by atoms with Gasteiger partial charge in [0.2, 0.25) is 5.58 Å².